The van der Waals surface area contributed by atoms with Gasteiger partial charge in [-0.05, 0) is 0 Å². The molecule has 1 fully saturated rings. The van der Waals surface area contributed by atoms with Gasteiger partial charge in [-0.15, -0.1) is 0 Å². The molecule has 8 nitrogen and oxygen atoms in total. The number of nitrogens with two attached hydrogens (primary N) is 1. The van der Waals surface area contributed by atoms with Crippen LogP contribution in [-0.2, 0) is 4.74 Å². The summed E-state index contributed by atoms with van der Waals surface area (Å²) in [5, 5.41) is 18.6. The summed E-state index contributed by atoms with van der Waals surface area (Å²) in [5.41, 5.74) is 6.28. The molecule has 0 aliphatic carbocycles. The van der Waals surface area contributed by atoms with E-state index in [0.717, 1.165) is 0 Å². The number of hydrogen-bond donors (Lipinski definition) is 3. The van der Waals surface area contributed by atoms with Crippen molar-refractivity contribution in [1.82, 2.24) is 19.5 Å². The van der Waals surface area contributed by atoms with E-state index in [2.05, 4.69) is 15.0 Å². The fourth-order valence-electron chi connectivity index (χ4n) is 2.13. The van der Waals surface area contributed by atoms with Crippen LogP contribution in [0.5, 0.6) is 0 Å². The van der Waals surface area contributed by atoms with Crippen LogP contribution in [0.15, 0.2) is 12.7 Å². The van der Waals surface area contributed by atoms with Gasteiger partial charge in [-0.2, -0.15) is 0 Å². The van der Waals surface area contributed by atoms with E-state index in [1.54, 1.807) is 0 Å². The number of ether oxygens (including phenoxy) is 1. The molecule has 3 rings (SSSR count). The van der Waals surface area contributed by atoms with Crippen LogP contribution in [0.1, 0.15) is 6.23 Å². The van der Waals surface area contributed by atoms with E-state index in [1.807, 2.05) is 0 Å². The second kappa shape index (κ2) is 4.37. The third-order valence-corrected chi connectivity index (χ3v) is 3.13. The molecular weight excluding hydrogens is 257 g/mol. The Morgan fingerprint density at radius 3 is 2.89 bits per heavy atom. The molecule has 1 unspecified atom stereocenters. The van der Waals surface area contributed by atoms with Gasteiger partial charge >= 0.3 is 0 Å². The lowest BCUT2D eigenvalue weighted by molar-refractivity contribution is -0.0459. The molecule has 19 heavy (non-hydrogen) atoms. The number of imidazole rings is 1. The summed E-state index contributed by atoms with van der Waals surface area (Å²) in [6.07, 6.45) is -2.61. The Kier molecular flexibility index (Phi) is 2.81. The smallest absolute Gasteiger partial charge is 0.173 e. The first-order valence-corrected chi connectivity index (χ1v) is 5.65. The first kappa shape index (κ1) is 12.2. The predicted octanol–water partition coefficient (Wildman–Crippen LogP) is -1.00. The van der Waals surface area contributed by atoms with Crippen LogP contribution in [0, 0.1) is 0 Å². The Labute approximate surface area is 106 Å². The molecule has 0 bridgehead atoms. The lowest BCUT2D eigenvalue weighted by Gasteiger charge is -2.14. The maximum atomic E-state index is 14.0. The lowest BCUT2D eigenvalue weighted by Crippen LogP contribution is -2.30. The van der Waals surface area contributed by atoms with Crippen molar-refractivity contribution < 1.29 is 19.3 Å². The summed E-state index contributed by atoms with van der Waals surface area (Å²) in [6.45, 7) is -0.470. The molecule has 0 amide bonds. The highest BCUT2D eigenvalue weighted by atomic mass is 19.1. The average Bonchev–Trinajstić information content (AvgIpc) is 2.94. The molecule has 0 spiro atoms. The Balaban J connectivity index is 2.04. The SMILES string of the molecule is Nc1ncnc2c1ncn2[C@@H]1O[C@H](CO)[C@H](O)C1F. The quantitative estimate of drug-likeness (QED) is 0.639. The van der Waals surface area contributed by atoms with Gasteiger partial charge in [-0.3, -0.25) is 4.57 Å². The molecule has 9 heteroatoms. The van der Waals surface area contributed by atoms with E-state index in [1.165, 1.54) is 17.2 Å². The van der Waals surface area contributed by atoms with E-state index >= 15 is 0 Å². The number of aromatic nitrogens is 4. The Hall–Kier alpha value is -1.84. The number of alkyl halides is 1. The van der Waals surface area contributed by atoms with Gasteiger partial charge in [0.15, 0.2) is 23.9 Å². The van der Waals surface area contributed by atoms with Crippen molar-refractivity contribution in [3.8, 4) is 0 Å². The van der Waals surface area contributed by atoms with Gasteiger partial charge in [-0.25, -0.2) is 19.3 Å². The van der Waals surface area contributed by atoms with E-state index < -0.39 is 31.2 Å². The molecule has 4 N–H and O–H groups in total. The number of nitrogens with zero attached hydrogens (tertiary/aromatic N) is 4. The topological polar surface area (TPSA) is 119 Å². The third kappa shape index (κ3) is 1.74. The maximum Gasteiger partial charge on any atom is 0.173 e. The summed E-state index contributed by atoms with van der Waals surface area (Å²) < 4.78 is 20.6. The highest BCUT2D eigenvalue weighted by Crippen LogP contribution is 2.33. The van der Waals surface area contributed by atoms with Crippen LogP contribution >= 0.6 is 0 Å². The largest absolute Gasteiger partial charge is 0.394 e. The molecule has 1 saturated heterocycles. The highest BCUT2D eigenvalue weighted by Gasteiger charge is 2.45. The molecular formula is C10H12FN5O3. The molecule has 0 aromatic carbocycles. The first-order valence-electron chi connectivity index (χ1n) is 5.65. The monoisotopic (exact) mass is 269 g/mol. The zero-order chi connectivity index (χ0) is 13.6. The lowest BCUT2D eigenvalue weighted by atomic mass is 10.1. The van der Waals surface area contributed by atoms with Crippen molar-refractivity contribution in [3.05, 3.63) is 12.7 Å². The minimum Gasteiger partial charge on any atom is -0.394 e. The van der Waals surface area contributed by atoms with Crippen molar-refractivity contribution in [2.45, 2.75) is 24.6 Å². The van der Waals surface area contributed by atoms with Crippen LogP contribution < -0.4 is 5.73 Å². The molecule has 0 radical (unpaired) electrons. The van der Waals surface area contributed by atoms with Crippen LogP contribution in [0.3, 0.4) is 0 Å². The van der Waals surface area contributed by atoms with E-state index in [-0.39, 0.29) is 5.82 Å². The standard InChI is InChI=1S/C10H12FN5O3/c11-5-7(18)4(1-17)19-10(5)16-3-15-6-8(12)13-2-14-9(6)16/h2-5,7,10,17-18H,1H2,(H2,12,13,14)/t4-,5?,7+,10-/m1/s1. The van der Waals surface area contributed by atoms with Crippen molar-refractivity contribution >= 4 is 17.0 Å². The highest BCUT2D eigenvalue weighted by molar-refractivity contribution is 5.81. The molecule has 1 aliphatic heterocycles. The number of nitrogen functional groups attached to an aromatic ring is 1. The van der Waals surface area contributed by atoms with E-state index in [0.29, 0.717) is 11.2 Å². The zero-order valence-electron chi connectivity index (χ0n) is 9.72. The molecule has 3 heterocycles. The Morgan fingerprint density at radius 2 is 2.21 bits per heavy atom. The first-order chi connectivity index (χ1) is 9.13. The van der Waals surface area contributed by atoms with Crippen LogP contribution in [-0.4, -0.2) is 54.7 Å². The fraction of sp³-hybridized carbons (Fsp3) is 0.500. The van der Waals surface area contributed by atoms with Gasteiger partial charge < -0.3 is 20.7 Å². The second-order valence-corrected chi connectivity index (χ2v) is 4.27. The number of halogens is 1. The van der Waals surface area contributed by atoms with Crippen LogP contribution in [0.25, 0.3) is 11.2 Å². The maximum absolute atomic E-state index is 14.0. The molecule has 0 saturated carbocycles. The van der Waals surface area contributed by atoms with E-state index in [9.17, 15) is 9.50 Å². The Bertz CT molecular complexity index is 606. The second-order valence-electron chi connectivity index (χ2n) is 4.27. The van der Waals surface area contributed by atoms with Crippen molar-refractivity contribution in [3.63, 3.8) is 0 Å². The number of rotatable bonds is 2. The number of aliphatic hydroxyl groups excluding tert-OH is 2. The fourth-order valence-corrected chi connectivity index (χ4v) is 2.13. The number of anilines is 1. The third-order valence-electron chi connectivity index (χ3n) is 3.13. The molecule has 2 aromatic heterocycles. The van der Waals surface area contributed by atoms with Gasteiger partial charge in [0.2, 0.25) is 0 Å². The summed E-state index contributed by atoms with van der Waals surface area (Å²) in [5.74, 6) is 0.177. The minimum absolute atomic E-state index is 0.177. The summed E-state index contributed by atoms with van der Waals surface area (Å²) >= 11 is 0. The number of hydrogen-bond acceptors (Lipinski definition) is 7. The van der Waals surface area contributed by atoms with Gasteiger partial charge in [0.25, 0.3) is 0 Å². The summed E-state index contributed by atoms with van der Waals surface area (Å²) in [4.78, 5) is 11.8. The Morgan fingerprint density at radius 1 is 1.42 bits per heavy atom. The van der Waals surface area contributed by atoms with Crippen molar-refractivity contribution in [2.75, 3.05) is 12.3 Å². The molecule has 2 aromatic rings. The normalized spacial score (nSPS) is 31.1. The predicted molar refractivity (Wildman–Crippen MR) is 61.6 cm³/mol. The number of fused-ring (bicyclic) bond motifs is 1. The molecule has 102 valence electrons. The van der Waals surface area contributed by atoms with Crippen molar-refractivity contribution in [2.24, 2.45) is 0 Å². The van der Waals surface area contributed by atoms with Gasteiger partial charge in [0, 0.05) is 0 Å². The van der Waals surface area contributed by atoms with Crippen LogP contribution in [0.2, 0.25) is 0 Å². The van der Waals surface area contributed by atoms with E-state index in [4.69, 9.17) is 15.6 Å². The van der Waals surface area contributed by atoms with Gasteiger partial charge in [0.05, 0.1) is 12.9 Å². The van der Waals surface area contributed by atoms with Gasteiger partial charge in [-0.1, -0.05) is 0 Å². The molecule has 1 aliphatic rings. The average molecular weight is 269 g/mol. The van der Waals surface area contributed by atoms with Gasteiger partial charge in [0.1, 0.15) is 24.1 Å². The summed E-state index contributed by atoms with van der Waals surface area (Å²) in [7, 11) is 0. The summed E-state index contributed by atoms with van der Waals surface area (Å²) in [6, 6.07) is 0. The van der Waals surface area contributed by atoms with Crippen molar-refractivity contribution in [1.29, 1.82) is 0 Å². The minimum atomic E-state index is -1.69. The number of aliphatic hydroxyl groups is 2. The molecule has 4 atom stereocenters. The zero-order valence-corrected chi connectivity index (χ0v) is 9.72. The van der Waals surface area contributed by atoms with Crippen LogP contribution in [0.4, 0.5) is 10.2 Å².